The molecule has 1 aliphatic rings. The van der Waals surface area contributed by atoms with Gasteiger partial charge in [0, 0.05) is 36.5 Å². The van der Waals surface area contributed by atoms with Crippen LogP contribution in [-0.4, -0.2) is 32.7 Å². The van der Waals surface area contributed by atoms with E-state index < -0.39 is 17.6 Å². The molecule has 0 aromatic carbocycles. The smallest absolute Gasteiger partial charge is 0.383 e. The number of hydrogen-bond acceptors (Lipinski definition) is 5. The standard InChI is InChI=1S/C19H17F3N6O2/c20-19(21,22)13-5-12(7-25-17(13)23)11-1-3-15-26-14(9-28(15)8-11)27-18(30)10-2-4-16(29)24-6-10/h1,3,5,7-10H,2,4,6H2,(H2,23,25)(H,24,29)(H,27,30). The van der Waals surface area contributed by atoms with Crippen LogP contribution in [0.5, 0.6) is 0 Å². The van der Waals surface area contributed by atoms with Gasteiger partial charge in [0.15, 0.2) is 5.82 Å². The van der Waals surface area contributed by atoms with E-state index in [1.54, 1.807) is 28.9 Å². The molecule has 8 nitrogen and oxygen atoms in total. The number of carbonyl (C=O) groups is 2. The van der Waals surface area contributed by atoms with Crippen LogP contribution in [0.3, 0.4) is 0 Å². The van der Waals surface area contributed by atoms with E-state index in [1.165, 1.54) is 6.20 Å². The molecule has 0 saturated carbocycles. The quantitative estimate of drug-likeness (QED) is 0.605. The first-order valence-corrected chi connectivity index (χ1v) is 9.10. The summed E-state index contributed by atoms with van der Waals surface area (Å²) in [5, 5.41) is 5.36. The van der Waals surface area contributed by atoms with Crippen molar-refractivity contribution in [2.24, 2.45) is 5.92 Å². The molecular formula is C19H17F3N6O2. The molecule has 3 aromatic heterocycles. The predicted molar refractivity (Wildman–Crippen MR) is 102 cm³/mol. The summed E-state index contributed by atoms with van der Waals surface area (Å²) in [5.41, 5.74) is 5.58. The highest BCUT2D eigenvalue weighted by Crippen LogP contribution is 2.35. The number of pyridine rings is 2. The molecule has 30 heavy (non-hydrogen) atoms. The van der Waals surface area contributed by atoms with Gasteiger partial charge in [0.05, 0.1) is 17.7 Å². The summed E-state index contributed by atoms with van der Waals surface area (Å²) in [5.74, 6) is -0.953. The summed E-state index contributed by atoms with van der Waals surface area (Å²) < 4.78 is 40.9. The topological polar surface area (TPSA) is 114 Å². The number of nitrogens with two attached hydrogens (primary N) is 1. The predicted octanol–water partition coefficient (Wildman–Crippen LogP) is 2.46. The van der Waals surface area contributed by atoms with Gasteiger partial charge in [-0.05, 0) is 24.6 Å². The summed E-state index contributed by atoms with van der Waals surface area (Å²) in [4.78, 5) is 31.5. The molecule has 11 heteroatoms. The van der Waals surface area contributed by atoms with Crippen LogP contribution in [0, 0.1) is 5.92 Å². The highest BCUT2D eigenvalue weighted by atomic mass is 19.4. The van der Waals surface area contributed by atoms with Crippen molar-refractivity contribution in [1.29, 1.82) is 0 Å². The van der Waals surface area contributed by atoms with E-state index in [2.05, 4.69) is 20.6 Å². The van der Waals surface area contributed by atoms with Gasteiger partial charge in [-0.2, -0.15) is 13.2 Å². The number of anilines is 2. The molecule has 1 aliphatic heterocycles. The van der Waals surface area contributed by atoms with Crippen LogP contribution in [0.4, 0.5) is 24.8 Å². The highest BCUT2D eigenvalue weighted by molar-refractivity contribution is 5.93. The second-order valence-electron chi connectivity index (χ2n) is 6.99. The maximum absolute atomic E-state index is 13.1. The first kappa shape index (κ1) is 19.7. The van der Waals surface area contributed by atoms with Crippen LogP contribution < -0.4 is 16.4 Å². The molecule has 4 heterocycles. The van der Waals surface area contributed by atoms with Crippen molar-refractivity contribution in [3.05, 3.63) is 42.4 Å². The zero-order chi connectivity index (χ0) is 21.5. The number of nitrogen functional groups attached to an aromatic ring is 1. The number of rotatable bonds is 3. The SMILES string of the molecule is Nc1ncc(-c2ccc3nc(NC(=O)C4CCC(=O)NC4)cn3c2)cc1C(F)(F)F. The van der Waals surface area contributed by atoms with Crippen LogP contribution in [0.25, 0.3) is 16.8 Å². The van der Waals surface area contributed by atoms with Crippen molar-refractivity contribution in [2.75, 3.05) is 17.6 Å². The zero-order valence-electron chi connectivity index (χ0n) is 15.5. The third kappa shape index (κ3) is 3.91. The van der Waals surface area contributed by atoms with Gasteiger partial charge in [-0.25, -0.2) is 9.97 Å². The molecule has 3 aromatic rings. The Bertz CT molecular complexity index is 1130. The number of carbonyl (C=O) groups excluding carboxylic acids is 2. The molecule has 0 aliphatic carbocycles. The lowest BCUT2D eigenvalue weighted by atomic mass is 9.98. The number of nitrogens with zero attached hydrogens (tertiary/aromatic N) is 3. The molecule has 4 rings (SSSR count). The van der Waals surface area contributed by atoms with Crippen LogP contribution in [0.2, 0.25) is 0 Å². The fraction of sp³-hybridized carbons (Fsp3) is 0.263. The molecule has 2 amide bonds. The minimum atomic E-state index is -4.61. The summed E-state index contributed by atoms with van der Waals surface area (Å²) in [6, 6.07) is 4.17. The van der Waals surface area contributed by atoms with Crippen molar-refractivity contribution in [3.8, 4) is 11.1 Å². The van der Waals surface area contributed by atoms with Crippen LogP contribution in [0.15, 0.2) is 36.8 Å². The number of hydrogen-bond donors (Lipinski definition) is 3. The fourth-order valence-corrected chi connectivity index (χ4v) is 3.27. The van der Waals surface area contributed by atoms with Crippen LogP contribution in [0.1, 0.15) is 18.4 Å². The Morgan fingerprint density at radius 3 is 2.77 bits per heavy atom. The number of amides is 2. The van der Waals surface area contributed by atoms with E-state index in [1.807, 2.05) is 0 Å². The molecule has 4 N–H and O–H groups in total. The molecule has 0 spiro atoms. The van der Waals surface area contributed by atoms with Crippen LogP contribution >= 0.6 is 0 Å². The fourth-order valence-electron chi connectivity index (χ4n) is 3.27. The monoisotopic (exact) mass is 418 g/mol. The minimum Gasteiger partial charge on any atom is -0.383 e. The summed E-state index contributed by atoms with van der Waals surface area (Å²) in [6.45, 7) is 0.272. The largest absolute Gasteiger partial charge is 0.419 e. The summed E-state index contributed by atoms with van der Waals surface area (Å²) in [6.07, 6.45) is 0.563. The minimum absolute atomic E-state index is 0.0786. The van der Waals surface area contributed by atoms with E-state index in [0.29, 0.717) is 29.9 Å². The first-order valence-electron chi connectivity index (χ1n) is 9.10. The average Bonchev–Trinajstić information content (AvgIpc) is 3.09. The number of fused-ring (bicyclic) bond motifs is 1. The van der Waals surface area contributed by atoms with E-state index in [9.17, 15) is 22.8 Å². The van der Waals surface area contributed by atoms with E-state index in [0.717, 1.165) is 6.07 Å². The van der Waals surface area contributed by atoms with Gasteiger partial charge in [0.2, 0.25) is 11.8 Å². The Hall–Kier alpha value is -3.63. The Morgan fingerprint density at radius 1 is 1.27 bits per heavy atom. The molecule has 1 atom stereocenters. The third-order valence-corrected chi connectivity index (χ3v) is 4.90. The molecule has 0 radical (unpaired) electrons. The van der Waals surface area contributed by atoms with Crippen molar-refractivity contribution in [2.45, 2.75) is 19.0 Å². The van der Waals surface area contributed by atoms with Gasteiger partial charge in [0.1, 0.15) is 11.5 Å². The number of imidazole rings is 1. The Labute approximate surface area is 168 Å². The van der Waals surface area contributed by atoms with E-state index >= 15 is 0 Å². The lowest BCUT2D eigenvalue weighted by Gasteiger charge is -2.20. The maximum Gasteiger partial charge on any atom is 0.419 e. The van der Waals surface area contributed by atoms with Crippen molar-refractivity contribution >= 4 is 29.1 Å². The van der Waals surface area contributed by atoms with Crippen LogP contribution in [-0.2, 0) is 15.8 Å². The van der Waals surface area contributed by atoms with E-state index in [4.69, 9.17) is 5.73 Å². The second kappa shape index (κ2) is 7.32. The normalized spacial score (nSPS) is 17.0. The first-order chi connectivity index (χ1) is 14.2. The molecule has 1 fully saturated rings. The van der Waals surface area contributed by atoms with Gasteiger partial charge in [0.25, 0.3) is 0 Å². The number of alkyl halides is 3. The van der Waals surface area contributed by atoms with Gasteiger partial charge in [-0.1, -0.05) is 0 Å². The Balaban J connectivity index is 1.57. The average molecular weight is 418 g/mol. The molecule has 1 saturated heterocycles. The summed E-state index contributed by atoms with van der Waals surface area (Å²) in [7, 11) is 0. The van der Waals surface area contributed by atoms with Gasteiger partial charge < -0.3 is 20.8 Å². The number of halogens is 3. The van der Waals surface area contributed by atoms with E-state index in [-0.39, 0.29) is 29.8 Å². The molecule has 0 bridgehead atoms. The second-order valence-corrected chi connectivity index (χ2v) is 6.99. The Morgan fingerprint density at radius 2 is 2.07 bits per heavy atom. The van der Waals surface area contributed by atoms with Gasteiger partial charge in [-0.3, -0.25) is 9.59 Å². The highest BCUT2D eigenvalue weighted by Gasteiger charge is 2.34. The lowest BCUT2D eigenvalue weighted by molar-refractivity contribution is -0.137. The van der Waals surface area contributed by atoms with Crippen molar-refractivity contribution in [1.82, 2.24) is 19.7 Å². The number of piperidine rings is 1. The van der Waals surface area contributed by atoms with Gasteiger partial charge in [-0.15, -0.1) is 0 Å². The lowest BCUT2D eigenvalue weighted by Crippen LogP contribution is -2.40. The molecular weight excluding hydrogens is 401 g/mol. The third-order valence-electron chi connectivity index (χ3n) is 4.90. The molecule has 156 valence electrons. The Kier molecular flexibility index (Phi) is 4.80. The number of nitrogens with one attached hydrogen (secondary N) is 2. The zero-order valence-corrected chi connectivity index (χ0v) is 15.5. The van der Waals surface area contributed by atoms with Crippen molar-refractivity contribution < 1.29 is 22.8 Å². The van der Waals surface area contributed by atoms with Gasteiger partial charge >= 0.3 is 6.18 Å². The number of aromatic nitrogens is 3. The van der Waals surface area contributed by atoms with Crippen molar-refractivity contribution in [3.63, 3.8) is 0 Å². The molecule has 1 unspecified atom stereocenters. The maximum atomic E-state index is 13.1. The summed E-state index contributed by atoms with van der Waals surface area (Å²) >= 11 is 0.